The first-order valence-electron chi connectivity index (χ1n) is 9.17. The maximum atomic E-state index is 12.5. The summed E-state index contributed by atoms with van der Waals surface area (Å²) in [6.45, 7) is -3.01. The van der Waals surface area contributed by atoms with Crippen LogP contribution in [0.2, 0.25) is 0 Å². The summed E-state index contributed by atoms with van der Waals surface area (Å²) in [5.74, 6) is -0.315. The number of benzene rings is 2. The van der Waals surface area contributed by atoms with Crippen LogP contribution in [0.4, 0.5) is 13.6 Å². The average Bonchev–Trinajstić information content (AvgIpc) is 3.01. The summed E-state index contributed by atoms with van der Waals surface area (Å²) in [6.07, 6.45) is 1.49. The monoisotopic (exact) mass is 448 g/mol. The van der Waals surface area contributed by atoms with Crippen LogP contribution in [-0.4, -0.2) is 48.3 Å². The number of carbonyl (C=O) groups is 3. The lowest BCUT2D eigenvalue weighted by molar-refractivity contribution is -0.125. The lowest BCUT2D eigenvalue weighted by Gasteiger charge is -2.13. The third kappa shape index (κ3) is 6.54. The summed E-state index contributed by atoms with van der Waals surface area (Å²) in [7, 11) is 0. The normalized spacial score (nSPS) is 14.9. The molecule has 0 radical (unpaired) electrons. The molecule has 1 aliphatic heterocycles. The topological polar surface area (TPSA) is 84.9 Å². The zero-order valence-corrected chi connectivity index (χ0v) is 16.9. The highest BCUT2D eigenvalue weighted by molar-refractivity contribution is 8.18. The number of hydrogen-bond acceptors (Lipinski definition) is 6. The van der Waals surface area contributed by atoms with E-state index in [1.54, 1.807) is 24.3 Å². The fourth-order valence-electron chi connectivity index (χ4n) is 2.61. The van der Waals surface area contributed by atoms with Crippen LogP contribution in [0.3, 0.4) is 0 Å². The second-order valence-electron chi connectivity index (χ2n) is 6.23. The molecular weight excluding hydrogens is 430 g/mol. The second kappa shape index (κ2) is 10.6. The van der Waals surface area contributed by atoms with E-state index in [0.29, 0.717) is 11.3 Å². The van der Waals surface area contributed by atoms with Crippen molar-refractivity contribution >= 4 is 34.9 Å². The van der Waals surface area contributed by atoms with Gasteiger partial charge >= 0.3 is 6.61 Å². The Bertz CT molecular complexity index is 967. The zero-order valence-electron chi connectivity index (χ0n) is 16.1. The van der Waals surface area contributed by atoms with Crippen molar-refractivity contribution in [2.24, 2.45) is 0 Å². The summed E-state index contributed by atoms with van der Waals surface area (Å²) in [5.41, 5.74) is 0.554. The van der Waals surface area contributed by atoms with Crippen LogP contribution < -0.4 is 14.8 Å². The highest BCUT2D eigenvalue weighted by Crippen LogP contribution is 2.32. The highest BCUT2D eigenvalue weighted by Gasteiger charge is 2.34. The van der Waals surface area contributed by atoms with Crippen molar-refractivity contribution in [2.45, 2.75) is 6.61 Å². The predicted octanol–water partition coefficient (Wildman–Crippen LogP) is 3.52. The first kappa shape index (κ1) is 22.3. The summed E-state index contributed by atoms with van der Waals surface area (Å²) < 4.78 is 34.0. The standard InChI is InChI=1S/C21H18F2N2O5S/c22-20(23)30-16-8-6-14(7-9-16)12-17-19(27)25(21(28)31-17)11-10-24-18(26)13-29-15-4-2-1-3-5-15/h1-9,12,20H,10-11,13H2,(H,24,26)/b17-12-. The van der Waals surface area contributed by atoms with E-state index in [0.717, 1.165) is 16.7 Å². The molecule has 2 aromatic rings. The molecule has 0 unspecified atom stereocenters. The minimum atomic E-state index is -2.92. The van der Waals surface area contributed by atoms with Gasteiger partial charge in [-0.25, -0.2) is 0 Å². The van der Waals surface area contributed by atoms with Gasteiger partial charge in [0.25, 0.3) is 17.1 Å². The number of ether oxygens (including phenoxy) is 2. The third-order valence-corrected chi connectivity index (χ3v) is 4.95. The Kier molecular flexibility index (Phi) is 7.60. The Morgan fingerprint density at radius 3 is 2.45 bits per heavy atom. The molecule has 0 saturated carbocycles. The molecule has 1 saturated heterocycles. The van der Waals surface area contributed by atoms with Crippen molar-refractivity contribution < 1.29 is 32.6 Å². The quantitative estimate of drug-likeness (QED) is 0.591. The molecule has 1 heterocycles. The molecule has 0 bridgehead atoms. The fourth-order valence-corrected chi connectivity index (χ4v) is 3.48. The summed E-state index contributed by atoms with van der Waals surface area (Å²) >= 11 is 0.768. The first-order chi connectivity index (χ1) is 14.9. The maximum Gasteiger partial charge on any atom is 0.387 e. The van der Waals surface area contributed by atoms with Gasteiger partial charge in [0.2, 0.25) is 0 Å². The highest BCUT2D eigenvalue weighted by atomic mass is 32.2. The van der Waals surface area contributed by atoms with Gasteiger partial charge in [0.05, 0.1) is 4.91 Å². The smallest absolute Gasteiger partial charge is 0.387 e. The van der Waals surface area contributed by atoms with Gasteiger partial charge in [0, 0.05) is 13.1 Å². The second-order valence-corrected chi connectivity index (χ2v) is 7.23. The van der Waals surface area contributed by atoms with E-state index in [-0.39, 0.29) is 36.3 Å². The van der Waals surface area contributed by atoms with Crippen molar-refractivity contribution in [3.05, 3.63) is 65.1 Å². The lowest BCUT2D eigenvalue weighted by atomic mass is 10.2. The molecule has 0 atom stereocenters. The van der Waals surface area contributed by atoms with E-state index >= 15 is 0 Å². The van der Waals surface area contributed by atoms with Crippen molar-refractivity contribution in [1.82, 2.24) is 10.2 Å². The van der Waals surface area contributed by atoms with E-state index in [9.17, 15) is 23.2 Å². The fraction of sp³-hybridized carbons (Fsp3) is 0.190. The minimum Gasteiger partial charge on any atom is -0.484 e. The number of amides is 3. The Labute approximate surface area is 181 Å². The number of nitrogens with zero attached hydrogens (tertiary/aromatic N) is 1. The Morgan fingerprint density at radius 1 is 1.06 bits per heavy atom. The summed E-state index contributed by atoms with van der Waals surface area (Å²) in [4.78, 5) is 37.7. The van der Waals surface area contributed by atoms with Crippen LogP contribution in [0, 0.1) is 0 Å². The van der Waals surface area contributed by atoms with E-state index in [1.807, 2.05) is 6.07 Å². The van der Waals surface area contributed by atoms with Crippen LogP contribution in [0.5, 0.6) is 11.5 Å². The SMILES string of the molecule is O=C(COc1ccccc1)NCCN1C(=O)S/C(=C\c2ccc(OC(F)F)cc2)C1=O. The number of hydrogen-bond donors (Lipinski definition) is 1. The number of imide groups is 1. The third-order valence-electron chi connectivity index (χ3n) is 4.05. The lowest BCUT2D eigenvalue weighted by Crippen LogP contribution is -2.38. The van der Waals surface area contributed by atoms with E-state index in [1.165, 1.54) is 30.3 Å². The van der Waals surface area contributed by atoms with Gasteiger partial charge in [-0.05, 0) is 47.7 Å². The predicted molar refractivity (Wildman–Crippen MR) is 111 cm³/mol. The van der Waals surface area contributed by atoms with Gasteiger partial charge in [-0.2, -0.15) is 8.78 Å². The molecule has 0 aliphatic carbocycles. The van der Waals surface area contributed by atoms with Crippen LogP contribution in [0.15, 0.2) is 59.5 Å². The van der Waals surface area contributed by atoms with Gasteiger partial charge in [-0.15, -0.1) is 0 Å². The molecule has 7 nitrogen and oxygen atoms in total. The van der Waals surface area contributed by atoms with Crippen LogP contribution in [-0.2, 0) is 9.59 Å². The number of thioether (sulfide) groups is 1. The number of carbonyl (C=O) groups excluding carboxylic acids is 3. The molecule has 1 fully saturated rings. The average molecular weight is 448 g/mol. The minimum absolute atomic E-state index is 0.00719. The van der Waals surface area contributed by atoms with Crippen LogP contribution in [0.25, 0.3) is 6.08 Å². The summed E-state index contributed by atoms with van der Waals surface area (Å²) in [5, 5.41) is 2.14. The molecule has 0 aromatic heterocycles. The molecule has 1 aliphatic rings. The molecule has 3 amide bonds. The van der Waals surface area contributed by atoms with Crippen molar-refractivity contribution in [2.75, 3.05) is 19.7 Å². The molecule has 2 aromatic carbocycles. The van der Waals surface area contributed by atoms with Crippen molar-refractivity contribution in [3.63, 3.8) is 0 Å². The molecule has 10 heteroatoms. The van der Waals surface area contributed by atoms with Crippen molar-refractivity contribution in [1.29, 1.82) is 0 Å². The molecular formula is C21H18F2N2O5S. The van der Waals surface area contributed by atoms with Gasteiger partial charge in [-0.1, -0.05) is 30.3 Å². The maximum absolute atomic E-state index is 12.5. The van der Waals surface area contributed by atoms with Gasteiger partial charge < -0.3 is 14.8 Å². The first-order valence-corrected chi connectivity index (χ1v) is 9.99. The largest absolute Gasteiger partial charge is 0.484 e. The number of alkyl halides is 2. The molecule has 3 rings (SSSR count). The number of nitrogens with one attached hydrogen (secondary N) is 1. The Hall–Kier alpha value is -3.40. The number of rotatable bonds is 9. The summed E-state index contributed by atoms with van der Waals surface area (Å²) in [6, 6.07) is 14.5. The molecule has 1 N–H and O–H groups in total. The Morgan fingerprint density at radius 2 is 1.77 bits per heavy atom. The number of halogens is 2. The van der Waals surface area contributed by atoms with Crippen molar-refractivity contribution in [3.8, 4) is 11.5 Å². The number of para-hydroxylation sites is 1. The van der Waals surface area contributed by atoms with Gasteiger partial charge in [0.15, 0.2) is 6.61 Å². The van der Waals surface area contributed by atoms with E-state index in [4.69, 9.17) is 4.74 Å². The van der Waals surface area contributed by atoms with Gasteiger partial charge in [-0.3, -0.25) is 19.3 Å². The van der Waals surface area contributed by atoms with E-state index < -0.39 is 17.8 Å². The van der Waals surface area contributed by atoms with Crippen LogP contribution >= 0.6 is 11.8 Å². The van der Waals surface area contributed by atoms with Gasteiger partial charge in [0.1, 0.15) is 11.5 Å². The zero-order chi connectivity index (χ0) is 22.2. The Balaban J connectivity index is 1.48. The molecule has 162 valence electrons. The van der Waals surface area contributed by atoms with Crippen LogP contribution in [0.1, 0.15) is 5.56 Å². The molecule has 0 spiro atoms. The van der Waals surface area contributed by atoms with E-state index in [2.05, 4.69) is 10.1 Å². The molecule has 31 heavy (non-hydrogen) atoms.